The monoisotopic (exact) mass is 481 g/mol. The Morgan fingerprint density at radius 2 is 2.26 bits per heavy atom. The van der Waals surface area contributed by atoms with E-state index in [-0.39, 0.29) is 12.5 Å². The van der Waals surface area contributed by atoms with Gasteiger partial charge in [-0.2, -0.15) is 5.10 Å². The van der Waals surface area contributed by atoms with Crippen molar-refractivity contribution >= 4 is 49.9 Å². The number of fused-ring (bicyclic) bond motifs is 4. The predicted molar refractivity (Wildman–Crippen MR) is 132 cm³/mol. The van der Waals surface area contributed by atoms with E-state index < -0.39 is 0 Å². The zero-order valence-corrected chi connectivity index (χ0v) is 20.0. The summed E-state index contributed by atoms with van der Waals surface area (Å²) in [5.41, 5.74) is 2.97. The number of carbonyl (C=O) groups excluding carboxylic acids is 1. The van der Waals surface area contributed by atoms with E-state index in [1.54, 1.807) is 35.8 Å². The molecule has 1 amide bonds. The van der Waals surface area contributed by atoms with Crippen LogP contribution in [0.4, 0.5) is 11.5 Å². The zero-order chi connectivity index (χ0) is 23.7. The van der Waals surface area contributed by atoms with Gasteiger partial charge in [-0.05, 0) is 25.0 Å². The molecule has 34 heavy (non-hydrogen) atoms. The van der Waals surface area contributed by atoms with Crippen LogP contribution in [0, 0.1) is 0 Å². The van der Waals surface area contributed by atoms with E-state index in [0.29, 0.717) is 26.2 Å². The number of carbonyl (C=O) groups is 1. The van der Waals surface area contributed by atoms with Crippen molar-refractivity contribution in [1.29, 1.82) is 0 Å². The summed E-state index contributed by atoms with van der Waals surface area (Å²) in [4.78, 5) is 27.4. The molecule has 0 spiro atoms. The number of aliphatic hydroxyl groups excluding tert-OH is 1. The summed E-state index contributed by atoms with van der Waals surface area (Å²) >= 11 is 1.65. The molecule has 10 nitrogen and oxygen atoms in total. The lowest BCUT2D eigenvalue weighted by atomic mass is 10.0. The minimum Gasteiger partial charge on any atom is -0.492 e. The Labute approximate surface area is 200 Å². The number of hydrogen-bond acceptors (Lipinski definition) is 9. The molecule has 0 radical (unpaired) electrons. The third-order valence-corrected chi connectivity index (χ3v) is 7.15. The van der Waals surface area contributed by atoms with Gasteiger partial charge >= 0.3 is 0 Å². The number of nitrogens with zero attached hydrogens (tertiary/aromatic N) is 5. The number of H-pyrrole nitrogens is 1. The van der Waals surface area contributed by atoms with E-state index in [2.05, 4.69) is 30.4 Å². The van der Waals surface area contributed by atoms with Crippen LogP contribution in [0.1, 0.15) is 17.4 Å². The van der Waals surface area contributed by atoms with Crippen LogP contribution in [-0.2, 0) is 17.8 Å². The Morgan fingerprint density at radius 1 is 1.38 bits per heavy atom. The Kier molecular flexibility index (Phi) is 6.31. The second-order valence-corrected chi connectivity index (χ2v) is 9.35. The van der Waals surface area contributed by atoms with Gasteiger partial charge in [0.05, 0.1) is 42.5 Å². The fourth-order valence-electron chi connectivity index (χ4n) is 4.27. The Bertz CT molecular complexity index is 1340. The van der Waals surface area contributed by atoms with Crippen molar-refractivity contribution in [2.75, 3.05) is 45.2 Å². The number of aromatic nitrogens is 4. The topological polar surface area (TPSA) is 120 Å². The number of thiophene rings is 1. The Balaban J connectivity index is 1.43. The molecule has 0 fully saturated rings. The van der Waals surface area contributed by atoms with Crippen LogP contribution in [0.15, 0.2) is 24.7 Å². The highest BCUT2D eigenvalue weighted by Gasteiger charge is 2.26. The molecule has 3 aromatic heterocycles. The number of hydrogen-bond donors (Lipinski definition) is 3. The maximum Gasteiger partial charge on any atom is 0.236 e. The molecule has 4 heterocycles. The predicted octanol–water partition coefficient (Wildman–Crippen LogP) is 2.52. The van der Waals surface area contributed by atoms with Crippen LogP contribution < -0.4 is 10.1 Å². The van der Waals surface area contributed by atoms with Gasteiger partial charge in [0, 0.05) is 43.0 Å². The van der Waals surface area contributed by atoms with Crippen LogP contribution >= 0.6 is 11.3 Å². The summed E-state index contributed by atoms with van der Waals surface area (Å²) in [5, 5.41) is 21.7. The largest absolute Gasteiger partial charge is 0.492 e. The first kappa shape index (κ1) is 22.5. The van der Waals surface area contributed by atoms with E-state index in [1.165, 1.54) is 10.4 Å². The summed E-state index contributed by atoms with van der Waals surface area (Å²) in [5.74, 6) is 1.49. The number of anilines is 2. The quantitative estimate of drug-likeness (QED) is 0.351. The van der Waals surface area contributed by atoms with E-state index in [0.717, 1.165) is 51.3 Å². The van der Waals surface area contributed by atoms with Gasteiger partial charge in [0.1, 0.15) is 22.7 Å². The maximum atomic E-state index is 12.4. The maximum absolute atomic E-state index is 12.4. The highest BCUT2D eigenvalue weighted by atomic mass is 32.1. The molecule has 1 aromatic carbocycles. The van der Waals surface area contributed by atoms with Crippen LogP contribution in [0.3, 0.4) is 0 Å². The molecule has 0 atom stereocenters. The Morgan fingerprint density at radius 3 is 3.09 bits per heavy atom. The third-order valence-electron chi connectivity index (χ3n) is 6.03. The van der Waals surface area contributed by atoms with Gasteiger partial charge in [0.2, 0.25) is 5.91 Å². The van der Waals surface area contributed by atoms with Crippen molar-refractivity contribution in [3.05, 3.63) is 35.1 Å². The molecule has 3 N–H and O–H groups in total. The first-order valence-corrected chi connectivity index (χ1v) is 12.1. The van der Waals surface area contributed by atoms with Gasteiger partial charge in [-0.15, -0.1) is 11.3 Å². The van der Waals surface area contributed by atoms with Gasteiger partial charge in [-0.3, -0.25) is 14.8 Å². The SMILES string of the molecule is CCOc1cc2[nH]ncc2cc1Nc1ncnc2sc3c(c12)CCN(CC(=O)N(C)CCO)C3. The molecule has 11 heteroatoms. The standard InChI is InChI=1S/C23H27N7O3S/c1-3-33-18-9-16-14(10-26-28-16)8-17(18)27-22-21-15-4-5-30(12-20(32)29(2)6-7-31)11-19(15)34-23(21)25-13-24-22/h8-10,13,31H,3-7,11-12H2,1-2H3,(H,26,28)(H,24,25,27). The number of benzene rings is 1. The fourth-order valence-corrected chi connectivity index (χ4v) is 5.50. The molecule has 0 aliphatic carbocycles. The van der Waals surface area contributed by atoms with Crippen molar-refractivity contribution in [1.82, 2.24) is 30.0 Å². The molecular formula is C23H27N7O3S. The molecule has 1 aliphatic rings. The highest BCUT2D eigenvalue weighted by Crippen LogP contribution is 2.39. The van der Waals surface area contributed by atoms with Gasteiger partial charge < -0.3 is 20.1 Å². The second-order valence-electron chi connectivity index (χ2n) is 8.27. The average Bonchev–Trinajstić information content (AvgIpc) is 3.43. The van der Waals surface area contributed by atoms with E-state index in [1.807, 2.05) is 19.1 Å². The first-order chi connectivity index (χ1) is 16.6. The average molecular weight is 482 g/mol. The molecule has 0 bridgehead atoms. The normalized spacial score (nSPS) is 13.9. The van der Waals surface area contributed by atoms with E-state index in [9.17, 15) is 4.79 Å². The lowest BCUT2D eigenvalue weighted by Gasteiger charge is -2.28. The fraction of sp³-hybridized carbons (Fsp3) is 0.391. The Hall–Kier alpha value is -3.28. The molecule has 0 saturated heterocycles. The van der Waals surface area contributed by atoms with E-state index in [4.69, 9.17) is 9.84 Å². The molecule has 4 aromatic rings. The van der Waals surface area contributed by atoms with Crippen molar-refractivity contribution < 1.29 is 14.6 Å². The minimum atomic E-state index is -0.0321. The number of likely N-dealkylation sites (N-methyl/N-ethyl adjacent to an activating group) is 1. The number of aliphatic hydroxyl groups is 1. The molecule has 0 saturated carbocycles. The molecule has 178 valence electrons. The van der Waals surface area contributed by atoms with Crippen molar-refractivity contribution in [3.8, 4) is 5.75 Å². The summed E-state index contributed by atoms with van der Waals surface area (Å²) in [7, 11) is 1.72. The van der Waals surface area contributed by atoms with Crippen molar-refractivity contribution in [2.24, 2.45) is 0 Å². The number of nitrogens with one attached hydrogen (secondary N) is 2. The molecule has 0 unspecified atom stereocenters. The molecular weight excluding hydrogens is 454 g/mol. The van der Waals surface area contributed by atoms with Gasteiger partial charge in [0.15, 0.2) is 0 Å². The van der Waals surface area contributed by atoms with Crippen LogP contribution in [-0.4, -0.2) is 80.9 Å². The number of rotatable bonds is 8. The van der Waals surface area contributed by atoms with Crippen LogP contribution in [0.2, 0.25) is 0 Å². The summed E-state index contributed by atoms with van der Waals surface area (Å²) < 4.78 is 5.87. The highest BCUT2D eigenvalue weighted by molar-refractivity contribution is 7.19. The molecule has 1 aliphatic heterocycles. The van der Waals surface area contributed by atoms with Crippen LogP contribution in [0.5, 0.6) is 5.75 Å². The smallest absolute Gasteiger partial charge is 0.236 e. The first-order valence-electron chi connectivity index (χ1n) is 11.3. The third kappa shape index (κ3) is 4.29. The number of amides is 1. The second kappa shape index (κ2) is 9.53. The lowest BCUT2D eigenvalue weighted by molar-refractivity contribution is -0.131. The van der Waals surface area contributed by atoms with Crippen molar-refractivity contribution in [3.63, 3.8) is 0 Å². The zero-order valence-electron chi connectivity index (χ0n) is 19.2. The van der Waals surface area contributed by atoms with Crippen LogP contribution in [0.25, 0.3) is 21.1 Å². The molecule has 5 rings (SSSR count). The summed E-state index contributed by atoms with van der Waals surface area (Å²) in [6.07, 6.45) is 4.17. The summed E-state index contributed by atoms with van der Waals surface area (Å²) in [6.45, 7) is 4.62. The number of ether oxygens (including phenoxy) is 1. The summed E-state index contributed by atoms with van der Waals surface area (Å²) in [6, 6.07) is 3.95. The van der Waals surface area contributed by atoms with E-state index >= 15 is 0 Å². The lowest BCUT2D eigenvalue weighted by Crippen LogP contribution is -2.41. The minimum absolute atomic E-state index is 0.0128. The van der Waals surface area contributed by atoms with Gasteiger partial charge in [-0.1, -0.05) is 0 Å². The van der Waals surface area contributed by atoms with Crippen molar-refractivity contribution in [2.45, 2.75) is 19.9 Å². The van der Waals surface area contributed by atoms with Gasteiger partial charge in [-0.25, -0.2) is 9.97 Å². The van der Waals surface area contributed by atoms with Gasteiger partial charge in [0.25, 0.3) is 0 Å². The number of aromatic amines is 1.